The molecule has 0 aliphatic rings. The molecule has 0 radical (unpaired) electrons. The molecule has 114 valence electrons. The third-order valence-corrected chi connectivity index (χ3v) is 5.54. The van der Waals surface area contributed by atoms with Crippen molar-refractivity contribution in [3.05, 3.63) is 45.9 Å². The number of hydrogen-bond donors (Lipinski definition) is 2. The Balaban J connectivity index is 2.08. The lowest BCUT2D eigenvalue weighted by Gasteiger charge is -2.11. The molecule has 0 aliphatic heterocycles. The van der Waals surface area contributed by atoms with Crippen LogP contribution in [0, 0.1) is 6.92 Å². The maximum absolute atomic E-state index is 12.2. The average Bonchev–Trinajstić information content (AvgIpc) is 2.90. The second kappa shape index (κ2) is 6.65. The molecule has 2 N–H and O–H groups in total. The Kier molecular flexibility index (Phi) is 5.10. The minimum Gasteiger partial charge on any atom is -0.313 e. The smallest absolute Gasteiger partial charge is 0.240 e. The van der Waals surface area contributed by atoms with Crippen LogP contribution >= 0.6 is 11.3 Å². The minimum absolute atomic E-state index is 0.188. The van der Waals surface area contributed by atoms with Crippen LogP contribution in [0.2, 0.25) is 0 Å². The first-order valence-corrected chi connectivity index (χ1v) is 8.90. The van der Waals surface area contributed by atoms with Crippen molar-refractivity contribution in [2.75, 3.05) is 7.05 Å². The van der Waals surface area contributed by atoms with Gasteiger partial charge in [0.2, 0.25) is 10.0 Å². The Morgan fingerprint density at radius 1 is 1.29 bits per heavy atom. The highest BCUT2D eigenvalue weighted by molar-refractivity contribution is 7.89. The van der Waals surface area contributed by atoms with Crippen LogP contribution in [0.25, 0.3) is 0 Å². The Bertz CT molecular complexity index is 693. The van der Waals surface area contributed by atoms with Crippen molar-refractivity contribution in [3.8, 4) is 0 Å². The summed E-state index contributed by atoms with van der Waals surface area (Å²) in [5, 5.41) is 3.88. The summed E-state index contributed by atoms with van der Waals surface area (Å²) in [5.41, 5.74) is 1.05. The number of sulfonamides is 1. The van der Waals surface area contributed by atoms with Crippen LogP contribution in [0.15, 0.2) is 35.4 Å². The van der Waals surface area contributed by atoms with E-state index in [0.717, 1.165) is 15.4 Å². The molecule has 21 heavy (non-hydrogen) atoms. The van der Waals surface area contributed by atoms with E-state index in [9.17, 15) is 8.42 Å². The van der Waals surface area contributed by atoms with E-state index in [4.69, 9.17) is 0 Å². The van der Waals surface area contributed by atoms with Crippen LogP contribution in [0.3, 0.4) is 0 Å². The first kappa shape index (κ1) is 16.1. The number of nitrogens with one attached hydrogen (secondary N) is 2. The topological polar surface area (TPSA) is 71.1 Å². The lowest BCUT2D eigenvalue weighted by molar-refractivity contribution is 0.581. The maximum atomic E-state index is 12.2. The van der Waals surface area contributed by atoms with Crippen LogP contribution in [0.1, 0.15) is 28.4 Å². The predicted molar refractivity (Wildman–Crippen MR) is 84.8 cm³/mol. The Hall–Kier alpha value is -1.28. The van der Waals surface area contributed by atoms with Gasteiger partial charge in [-0.05, 0) is 38.6 Å². The summed E-state index contributed by atoms with van der Waals surface area (Å²) in [6, 6.07) is 7.08. The summed E-state index contributed by atoms with van der Waals surface area (Å²) in [6.07, 6.45) is 1.74. The van der Waals surface area contributed by atoms with E-state index in [-0.39, 0.29) is 17.5 Å². The van der Waals surface area contributed by atoms with Crippen LogP contribution in [-0.2, 0) is 16.6 Å². The molecule has 0 saturated heterocycles. The fourth-order valence-electron chi connectivity index (χ4n) is 1.83. The number of aromatic nitrogens is 1. The first-order valence-electron chi connectivity index (χ1n) is 6.60. The molecule has 0 spiro atoms. The lowest BCUT2D eigenvalue weighted by atomic mass is 10.1. The van der Waals surface area contributed by atoms with E-state index in [0.29, 0.717) is 0 Å². The van der Waals surface area contributed by atoms with E-state index >= 15 is 0 Å². The molecule has 0 amide bonds. The molecule has 1 aromatic heterocycles. The van der Waals surface area contributed by atoms with Gasteiger partial charge in [0.05, 0.1) is 11.4 Å². The number of benzene rings is 1. The third-order valence-electron chi connectivity index (χ3n) is 3.21. The van der Waals surface area contributed by atoms with E-state index < -0.39 is 10.0 Å². The fraction of sp³-hybridized carbons (Fsp3) is 0.357. The molecule has 0 aliphatic carbocycles. The zero-order valence-corrected chi connectivity index (χ0v) is 13.9. The molecule has 1 unspecified atom stereocenters. The summed E-state index contributed by atoms with van der Waals surface area (Å²) in [7, 11) is -1.63. The van der Waals surface area contributed by atoms with Crippen molar-refractivity contribution < 1.29 is 8.42 Å². The largest absolute Gasteiger partial charge is 0.313 e. The molecule has 0 bridgehead atoms. The van der Waals surface area contributed by atoms with E-state index in [2.05, 4.69) is 15.0 Å². The van der Waals surface area contributed by atoms with Gasteiger partial charge in [0, 0.05) is 17.1 Å². The Morgan fingerprint density at radius 2 is 1.95 bits per heavy atom. The van der Waals surface area contributed by atoms with Gasteiger partial charge in [-0.2, -0.15) is 0 Å². The minimum atomic E-state index is -3.50. The Labute approximate surface area is 129 Å². The van der Waals surface area contributed by atoms with Gasteiger partial charge in [0.25, 0.3) is 0 Å². The summed E-state index contributed by atoms with van der Waals surface area (Å²) < 4.78 is 27.0. The van der Waals surface area contributed by atoms with Crippen molar-refractivity contribution in [1.29, 1.82) is 0 Å². The highest BCUT2D eigenvalue weighted by atomic mass is 32.2. The van der Waals surface area contributed by atoms with Crippen LogP contribution < -0.4 is 10.0 Å². The van der Waals surface area contributed by atoms with Gasteiger partial charge < -0.3 is 5.32 Å². The van der Waals surface area contributed by atoms with Crippen molar-refractivity contribution in [3.63, 3.8) is 0 Å². The number of hydrogen-bond acceptors (Lipinski definition) is 5. The molecule has 1 aromatic carbocycles. The lowest BCUT2D eigenvalue weighted by Crippen LogP contribution is -2.23. The average molecular weight is 325 g/mol. The fourth-order valence-corrected chi connectivity index (χ4v) is 3.63. The van der Waals surface area contributed by atoms with Crippen molar-refractivity contribution in [1.82, 2.24) is 15.0 Å². The molecule has 1 heterocycles. The molecule has 5 nitrogen and oxygen atoms in total. The Morgan fingerprint density at radius 3 is 2.48 bits per heavy atom. The van der Waals surface area contributed by atoms with Crippen molar-refractivity contribution in [2.45, 2.75) is 31.3 Å². The second-order valence-corrected chi connectivity index (χ2v) is 7.85. The van der Waals surface area contributed by atoms with Gasteiger partial charge in [0.1, 0.15) is 5.01 Å². The highest BCUT2D eigenvalue weighted by Gasteiger charge is 2.15. The highest BCUT2D eigenvalue weighted by Crippen LogP contribution is 2.17. The molecule has 2 aromatic rings. The van der Waals surface area contributed by atoms with Crippen LogP contribution in [-0.4, -0.2) is 20.4 Å². The zero-order valence-electron chi connectivity index (χ0n) is 12.3. The maximum Gasteiger partial charge on any atom is 0.240 e. The van der Waals surface area contributed by atoms with Gasteiger partial charge in [-0.15, -0.1) is 11.3 Å². The van der Waals surface area contributed by atoms with Gasteiger partial charge in [-0.25, -0.2) is 18.1 Å². The van der Waals surface area contributed by atoms with Gasteiger partial charge in [0.15, 0.2) is 0 Å². The number of aryl methyl sites for hydroxylation is 1. The summed E-state index contributed by atoms with van der Waals surface area (Å²) >= 11 is 1.49. The predicted octanol–water partition coefficient (Wildman–Crippen LogP) is 2.21. The van der Waals surface area contributed by atoms with Crippen LogP contribution in [0.5, 0.6) is 0 Å². The number of nitrogens with zero attached hydrogens (tertiary/aromatic N) is 1. The molecular weight excluding hydrogens is 306 g/mol. The number of thiazole rings is 1. The summed E-state index contributed by atoms with van der Waals surface area (Å²) in [6.45, 7) is 4.18. The monoisotopic (exact) mass is 325 g/mol. The zero-order chi connectivity index (χ0) is 15.5. The van der Waals surface area contributed by atoms with Crippen LogP contribution in [0.4, 0.5) is 0 Å². The third kappa shape index (κ3) is 4.10. The van der Waals surface area contributed by atoms with Crippen molar-refractivity contribution in [2.24, 2.45) is 0 Å². The van der Waals surface area contributed by atoms with Gasteiger partial charge in [-0.3, -0.25) is 0 Å². The van der Waals surface area contributed by atoms with Gasteiger partial charge >= 0.3 is 0 Å². The first-order chi connectivity index (χ1) is 9.92. The summed E-state index contributed by atoms with van der Waals surface area (Å²) in [4.78, 5) is 5.48. The number of rotatable bonds is 6. The second-order valence-electron chi connectivity index (χ2n) is 4.77. The molecule has 7 heteroatoms. The molecule has 0 fully saturated rings. The van der Waals surface area contributed by atoms with E-state index in [1.807, 2.05) is 33.0 Å². The molecular formula is C14H19N3O2S2. The summed E-state index contributed by atoms with van der Waals surface area (Å²) in [5.74, 6) is 0. The molecule has 0 saturated carbocycles. The van der Waals surface area contributed by atoms with E-state index in [1.165, 1.54) is 11.3 Å². The van der Waals surface area contributed by atoms with Gasteiger partial charge in [-0.1, -0.05) is 12.1 Å². The van der Waals surface area contributed by atoms with E-state index in [1.54, 1.807) is 18.3 Å². The molecule has 2 rings (SSSR count). The normalized spacial score (nSPS) is 13.3. The standard InChI is InChI=1S/C14H19N3O2S2/c1-10-8-16-14(20-10)9-17-21(18,19)13-6-4-12(5-7-13)11(2)15-3/h4-8,11,15,17H,9H2,1-3H3. The molecule has 1 atom stereocenters. The quantitative estimate of drug-likeness (QED) is 0.854. The van der Waals surface area contributed by atoms with Crippen molar-refractivity contribution >= 4 is 21.4 Å². The SMILES string of the molecule is CNC(C)c1ccc(S(=O)(=O)NCc2ncc(C)s2)cc1.